The number of hydrogen-bond acceptors (Lipinski definition) is 0. The molecule has 0 heterocycles. The van der Waals surface area contributed by atoms with Crippen LogP contribution in [0.25, 0.3) is 11.1 Å². The second kappa shape index (κ2) is 13.7. The van der Waals surface area contributed by atoms with E-state index >= 15 is 0 Å². The van der Waals surface area contributed by atoms with Gasteiger partial charge in [0.2, 0.25) is 0 Å². The summed E-state index contributed by atoms with van der Waals surface area (Å²) >= 11 is 0. The van der Waals surface area contributed by atoms with Gasteiger partial charge in [-0.3, -0.25) is 0 Å². The van der Waals surface area contributed by atoms with Gasteiger partial charge in [0.15, 0.2) is 0 Å². The van der Waals surface area contributed by atoms with Crippen LogP contribution in [0, 0.1) is 5.92 Å². The van der Waals surface area contributed by atoms with E-state index in [2.05, 4.69) is 86.6 Å². The van der Waals surface area contributed by atoms with Gasteiger partial charge in [-0.25, -0.2) is 0 Å². The largest absolute Gasteiger partial charge is 0.0654 e. The third-order valence-corrected chi connectivity index (χ3v) is 8.28. The summed E-state index contributed by atoms with van der Waals surface area (Å²) < 4.78 is 0. The van der Waals surface area contributed by atoms with Crippen molar-refractivity contribution in [3.05, 3.63) is 95.1 Å². The highest BCUT2D eigenvalue weighted by atomic mass is 14.3. The predicted molar refractivity (Wildman–Crippen MR) is 153 cm³/mol. The molecule has 1 fully saturated rings. The van der Waals surface area contributed by atoms with Crippen LogP contribution in [0.15, 0.2) is 72.8 Å². The van der Waals surface area contributed by atoms with Gasteiger partial charge in [-0.2, -0.15) is 0 Å². The third-order valence-electron chi connectivity index (χ3n) is 8.28. The molecule has 0 saturated heterocycles. The summed E-state index contributed by atoms with van der Waals surface area (Å²) in [5.74, 6) is 1.76. The molecule has 3 aromatic carbocycles. The van der Waals surface area contributed by atoms with E-state index in [0.717, 1.165) is 24.7 Å². The van der Waals surface area contributed by atoms with Crippen LogP contribution in [-0.2, 0) is 19.3 Å². The fraction of sp³-hybridized carbons (Fsp3) is 0.486. The van der Waals surface area contributed by atoms with Crippen molar-refractivity contribution in [2.75, 3.05) is 0 Å². The minimum Gasteiger partial charge on any atom is -0.0654 e. The standard InChI is InChI=1S/C35H46/c1-3-5-7-9-29-16-20-32(21-17-29)34-24-26-35(27-25-34)33-22-18-31(19-23-33)15-14-30-12-10-28(11-13-30)8-6-4-2/h10-13,18-19,22-27,29,32H,3-9,14-17,20-21H2,1-2H3. The maximum Gasteiger partial charge on any atom is -0.0162 e. The minimum atomic E-state index is 0.773. The van der Waals surface area contributed by atoms with Crippen LogP contribution in [0.4, 0.5) is 0 Å². The highest BCUT2D eigenvalue weighted by Crippen LogP contribution is 2.38. The lowest BCUT2D eigenvalue weighted by Gasteiger charge is -2.29. The molecule has 0 spiro atoms. The molecule has 186 valence electrons. The normalized spacial score (nSPS) is 18.0. The average molecular weight is 467 g/mol. The van der Waals surface area contributed by atoms with Gasteiger partial charge in [-0.05, 0) is 96.6 Å². The van der Waals surface area contributed by atoms with E-state index < -0.39 is 0 Å². The molecular weight excluding hydrogens is 420 g/mol. The number of aryl methyl sites for hydroxylation is 3. The predicted octanol–water partition coefficient (Wildman–Crippen LogP) is 10.3. The molecule has 0 amide bonds. The Kier molecular flexibility index (Phi) is 10.1. The Bertz CT molecular complexity index is 970. The molecule has 0 unspecified atom stereocenters. The maximum atomic E-state index is 2.40. The van der Waals surface area contributed by atoms with Crippen molar-refractivity contribution < 1.29 is 0 Å². The highest BCUT2D eigenvalue weighted by Gasteiger charge is 2.22. The first kappa shape index (κ1) is 25.7. The lowest BCUT2D eigenvalue weighted by atomic mass is 9.77. The van der Waals surface area contributed by atoms with E-state index in [4.69, 9.17) is 0 Å². The number of hydrogen-bond donors (Lipinski definition) is 0. The number of unbranched alkanes of at least 4 members (excludes halogenated alkanes) is 3. The fourth-order valence-corrected chi connectivity index (χ4v) is 5.82. The molecule has 4 rings (SSSR count). The summed E-state index contributed by atoms with van der Waals surface area (Å²) in [6.45, 7) is 4.57. The van der Waals surface area contributed by atoms with Crippen LogP contribution in [0.5, 0.6) is 0 Å². The van der Waals surface area contributed by atoms with Crippen LogP contribution < -0.4 is 0 Å². The van der Waals surface area contributed by atoms with Crippen LogP contribution in [0.3, 0.4) is 0 Å². The van der Waals surface area contributed by atoms with Crippen LogP contribution in [0.1, 0.15) is 106 Å². The molecule has 1 aliphatic rings. The molecular formula is C35H46. The summed E-state index contributed by atoms with van der Waals surface area (Å²) in [6.07, 6.45) is 17.3. The minimum absolute atomic E-state index is 0.773. The summed E-state index contributed by atoms with van der Waals surface area (Å²) in [7, 11) is 0. The molecule has 0 aromatic heterocycles. The molecule has 3 aromatic rings. The number of rotatable bonds is 12. The molecule has 0 aliphatic heterocycles. The third kappa shape index (κ3) is 7.83. The lowest BCUT2D eigenvalue weighted by Crippen LogP contribution is -2.13. The second-order valence-corrected chi connectivity index (χ2v) is 11.0. The van der Waals surface area contributed by atoms with Gasteiger partial charge in [0, 0.05) is 0 Å². The SMILES string of the molecule is CCCCCC1CCC(c2ccc(-c3ccc(CCc4ccc(CCCC)cc4)cc3)cc2)CC1. The van der Waals surface area contributed by atoms with Gasteiger partial charge >= 0.3 is 0 Å². The maximum absolute atomic E-state index is 2.40. The summed E-state index contributed by atoms with van der Waals surface area (Å²) in [5, 5.41) is 0. The first-order valence-corrected chi connectivity index (χ1v) is 14.5. The van der Waals surface area contributed by atoms with Gasteiger partial charge in [0.1, 0.15) is 0 Å². The molecule has 0 N–H and O–H groups in total. The molecule has 0 nitrogen and oxygen atoms in total. The van der Waals surface area contributed by atoms with Crippen molar-refractivity contribution in [1.29, 1.82) is 0 Å². The molecule has 1 aliphatic carbocycles. The molecule has 35 heavy (non-hydrogen) atoms. The monoisotopic (exact) mass is 466 g/mol. The molecule has 0 radical (unpaired) electrons. The zero-order valence-electron chi connectivity index (χ0n) is 22.3. The lowest BCUT2D eigenvalue weighted by molar-refractivity contribution is 0.303. The zero-order chi connectivity index (χ0) is 24.3. The summed E-state index contributed by atoms with van der Waals surface area (Å²) in [6, 6.07) is 28.0. The first-order valence-electron chi connectivity index (χ1n) is 14.5. The van der Waals surface area contributed by atoms with Gasteiger partial charge < -0.3 is 0 Å². The van der Waals surface area contributed by atoms with E-state index in [9.17, 15) is 0 Å². The van der Waals surface area contributed by atoms with Crippen molar-refractivity contribution in [2.45, 2.75) is 103 Å². The Morgan fingerprint density at radius 3 is 1.54 bits per heavy atom. The highest BCUT2D eigenvalue weighted by molar-refractivity contribution is 5.64. The van der Waals surface area contributed by atoms with Gasteiger partial charge in [-0.1, -0.05) is 119 Å². The van der Waals surface area contributed by atoms with Crippen LogP contribution in [0.2, 0.25) is 0 Å². The quantitative estimate of drug-likeness (QED) is 0.233. The van der Waals surface area contributed by atoms with Crippen LogP contribution >= 0.6 is 0 Å². The van der Waals surface area contributed by atoms with Crippen molar-refractivity contribution in [1.82, 2.24) is 0 Å². The van der Waals surface area contributed by atoms with Gasteiger partial charge in [0.25, 0.3) is 0 Å². The Morgan fingerprint density at radius 2 is 1.00 bits per heavy atom. The molecule has 0 heteroatoms. The van der Waals surface area contributed by atoms with Gasteiger partial charge in [0.05, 0.1) is 0 Å². The molecule has 0 atom stereocenters. The fourth-order valence-electron chi connectivity index (χ4n) is 5.82. The first-order chi connectivity index (χ1) is 17.2. The van der Waals surface area contributed by atoms with E-state index in [1.54, 1.807) is 5.56 Å². The smallest absolute Gasteiger partial charge is 0.0162 e. The van der Waals surface area contributed by atoms with E-state index in [-0.39, 0.29) is 0 Å². The zero-order valence-corrected chi connectivity index (χ0v) is 22.3. The van der Waals surface area contributed by atoms with Gasteiger partial charge in [-0.15, -0.1) is 0 Å². The summed E-state index contributed by atoms with van der Waals surface area (Å²) in [4.78, 5) is 0. The van der Waals surface area contributed by atoms with E-state index in [0.29, 0.717) is 0 Å². The topological polar surface area (TPSA) is 0 Å². The Morgan fingerprint density at radius 1 is 0.514 bits per heavy atom. The second-order valence-electron chi connectivity index (χ2n) is 11.0. The van der Waals surface area contributed by atoms with E-state index in [1.165, 1.54) is 98.4 Å². The van der Waals surface area contributed by atoms with Crippen molar-refractivity contribution >= 4 is 0 Å². The Labute approximate surface area is 215 Å². The van der Waals surface area contributed by atoms with E-state index in [1.807, 2.05) is 0 Å². The van der Waals surface area contributed by atoms with Crippen molar-refractivity contribution in [3.63, 3.8) is 0 Å². The Balaban J connectivity index is 1.25. The molecule has 1 saturated carbocycles. The van der Waals surface area contributed by atoms with Crippen LogP contribution in [-0.4, -0.2) is 0 Å². The molecule has 0 bridgehead atoms. The van der Waals surface area contributed by atoms with Crippen molar-refractivity contribution in [3.8, 4) is 11.1 Å². The Hall–Kier alpha value is -2.34. The average Bonchev–Trinajstić information content (AvgIpc) is 2.92. The number of benzene rings is 3. The van der Waals surface area contributed by atoms with Crippen molar-refractivity contribution in [2.24, 2.45) is 5.92 Å². The summed E-state index contributed by atoms with van der Waals surface area (Å²) in [5.41, 5.74) is 8.58.